The minimum Gasteiger partial charge on any atom is -0.389 e. The summed E-state index contributed by atoms with van der Waals surface area (Å²) in [5, 5.41) is 29.4. The molecule has 1 saturated heterocycles. The second-order valence-corrected chi connectivity index (χ2v) is 6.80. The lowest BCUT2D eigenvalue weighted by Gasteiger charge is -2.42. The Labute approximate surface area is 155 Å². The van der Waals surface area contributed by atoms with Crippen LogP contribution in [0.2, 0.25) is 0 Å². The van der Waals surface area contributed by atoms with Crippen molar-refractivity contribution in [1.29, 1.82) is 0 Å². The fraction of sp³-hybridized carbons (Fsp3) is 0.400. The van der Waals surface area contributed by atoms with Crippen LogP contribution in [0.5, 0.6) is 0 Å². The van der Waals surface area contributed by atoms with Crippen LogP contribution in [0, 0.1) is 11.6 Å². The summed E-state index contributed by atoms with van der Waals surface area (Å²) >= 11 is 0. The predicted molar refractivity (Wildman–Crippen MR) is 94.9 cm³/mol. The Bertz CT molecular complexity index is 751. The molecule has 0 aromatic heterocycles. The van der Waals surface area contributed by atoms with Crippen LogP contribution in [-0.4, -0.2) is 64.3 Å². The van der Waals surface area contributed by atoms with Gasteiger partial charge in [-0.15, -0.1) is 0 Å². The van der Waals surface area contributed by atoms with Gasteiger partial charge < -0.3 is 15.3 Å². The molecule has 0 radical (unpaired) electrons. The molecule has 0 aliphatic carbocycles. The molecule has 0 saturated carbocycles. The molecule has 2 aromatic rings. The molecule has 3 N–H and O–H groups in total. The van der Waals surface area contributed by atoms with E-state index in [1.807, 2.05) is 6.07 Å². The van der Waals surface area contributed by atoms with Crippen molar-refractivity contribution in [2.45, 2.75) is 30.8 Å². The van der Waals surface area contributed by atoms with E-state index in [-0.39, 0.29) is 25.1 Å². The third kappa shape index (κ3) is 4.16. The molecular formula is C20H22F3NO3. The third-order valence-electron chi connectivity index (χ3n) is 5.08. The maximum atomic E-state index is 14.5. The first-order valence-corrected chi connectivity index (χ1v) is 8.80. The van der Waals surface area contributed by atoms with Gasteiger partial charge in [0, 0.05) is 18.7 Å². The van der Waals surface area contributed by atoms with Crippen LogP contribution in [0.1, 0.15) is 5.56 Å². The average Bonchev–Trinajstić information content (AvgIpc) is 2.66. The summed E-state index contributed by atoms with van der Waals surface area (Å²) in [4.78, 5) is 1.41. The van der Waals surface area contributed by atoms with Crippen molar-refractivity contribution in [3.63, 3.8) is 0 Å². The lowest BCUT2D eigenvalue weighted by Crippen LogP contribution is -2.62. The topological polar surface area (TPSA) is 63.9 Å². The number of nitrogens with zero attached hydrogens (tertiary/aromatic N) is 1. The molecule has 1 fully saturated rings. The van der Waals surface area contributed by atoms with Crippen molar-refractivity contribution in [2.24, 2.45) is 0 Å². The van der Waals surface area contributed by atoms with E-state index in [0.717, 1.165) is 0 Å². The van der Waals surface area contributed by atoms with Gasteiger partial charge in [-0.2, -0.15) is 0 Å². The highest BCUT2D eigenvalue weighted by molar-refractivity contribution is 5.63. The number of piperidine rings is 1. The second-order valence-electron chi connectivity index (χ2n) is 6.80. The monoisotopic (exact) mass is 381 g/mol. The van der Waals surface area contributed by atoms with E-state index in [2.05, 4.69) is 0 Å². The van der Waals surface area contributed by atoms with Gasteiger partial charge in [0.05, 0.1) is 12.1 Å². The molecule has 0 unspecified atom stereocenters. The van der Waals surface area contributed by atoms with Crippen molar-refractivity contribution in [3.8, 4) is 11.1 Å². The van der Waals surface area contributed by atoms with Gasteiger partial charge in [0.15, 0.2) is 0 Å². The molecule has 2 aromatic carbocycles. The lowest BCUT2D eigenvalue weighted by atomic mass is 9.94. The van der Waals surface area contributed by atoms with Crippen LogP contribution in [0.25, 0.3) is 11.1 Å². The molecule has 1 aliphatic heterocycles. The molecule has 1 heterocycles. The summed E-state index contributed by atoms with van der Waals surface area (Å²) in [7, 11) is 0. The van der Waals surface area contributed by atoms with E-state index in [1.54, 1.807) is 24.3 Å². The Morgan fingerprint density at radius 2 is 1.56 bits per heavy atom. The molecule has 27 heavy (non-hydrogen) atoms. The smallest absolute Gasteiger partial charge is 0.129 e. The number of hydrogen-bond donors (Lipinski definition) is 3. The van der Waals surface area contributed by atoms with Gasteiger partial charge in [-0.05, 0) is 29.7 Å². The number of aliphatic hydroxyl groups is 3. The Hall–Kier alpha value is -1.93. The van der Waals surface area contributed by atoms with Gasteiger partial charge in [-0.25, -0.2) is 13.2 Å². The van der Waals surface area contributed by atoms with Crippen molar-refractivity contribution in [3.05, 3.63) is 59.7 Å². The molecule has 4 atom stereocenters. The molecule has 0 spiro atoms. The van der Waals surface area contributed by atoms with Gasteiger partial charge in [0.2, 0.25) is 0 Å². The molecule has 3 rings (SSSR count). The summed E-state index contributed by atoms with van der Waals surface area (Å²) in [6.07, 6.45) is -4.22. The van der Waals surface area contributed by atoms with Gasteiger partial charge in [0.1, 0.15) is 30.5 Å². The van der Waals surface area contributed by atoms with E-state index >= 15 is 0 Å². The number of halogens is 3. The van der Waals surface area contributed by atoms with Crippen molar-refractivity contribution < 1.29 is 28.5 Å². The number of benzene rings is 2. The van der Waals surface area contributed by atoms with Crippen LogP contribution < -0.4 is 0 Å². The zero-order valence-electron chi connectivity index (χ0n) is 14.6. The van der Waals surface area contributed by atoms with Crippen LogP contribution in [0.3, 0.4) is 0 Å². The molecule has 0 amide bonds. The zero-order valence-corrected chi connectivity index (χ0v) is 14.6. The Balaban J connectivity index is 1.76. The van der Waals surface area contributed by atoms with Gasteiger partial charge in [-0.3, -0.25) is 4.90 Å². The van der Waals surface area contributed by atoms with Gasteiger partial charge in [-0.1, -0.05) is 30.3 Å². The summed E-state index contributed by atoms with van der Waals surface area (Å²) in [6.45, 7) is -0.991. The quantitative estimate of drug-likeness (QED) is 0.741. The maximum absolute atomic E-state index is 14.5. The summed E-state index contributed by atoms with van der Waals surface area (Å²) < 4.78 is 42.2. The highest BCUT2D eigenvalue weighted by atomic mass is 19.1. The minimum absolute atomic E-state index is 0.0357. The Morgan fingerprint density at radius 3 is 2.15 bits per heavy atom. The van der Waals surface area contributed by atoms with E-state index in [1.165, 1.54) is 17.0 Å². The number of likely N-dealkylation sites (tertiary alicyclic amines) is 1. The highest BCUT2D eigenvalue weighted by Gasteiger charge is 2.41. The first kappa shape index (κ1) is 19.8. The summed E-state index contributed by atoms with van der Waals surface area (Å²) in [6, 6.07) is 10.3. The first-order valence-electron chi connectivity index (χ1n) is 8.80. The van der Waals surface area contributed by atoms with Crippen molar-refractivity contribution in [2.75, 3.05) is 19.8 Å². The van der Waals surface area contributed by atoms with Crippen LogP contribution in [0.15, 0.2) is 42.5 Å². The third-order valence-corrected chi connectivity index (χ3v) is 5.08. The first-order chi connectivity index (χ1) is 12.9. The average molecular weight is 381 g/mol. The number of aliphatic hydroxyl groups excluding tert-OH is 3. The zero-order chi connectivity index (χ0) is 19.6. The van der Waals surface area contributed by atoms with Crippen LogP contribution >= 0.6 is 0 Å². The molecular weight excluding hydrogens is 359 g/mol. The van der Waals surface area contributed by atoms with Crippen LogP contribution in [0.4, 0.5) is 13.2 Å². The Morgan fingerprint density at radius 1 is 0.926 bits per heavy atom. The summed E-state index contributed by atoms with van der Waals surface area (Å²) in [5.74, 6) is -1.41. The number of rotatable bonds is 5. The fourth-order valence-electron chi connectivity index (χ4n) is 3.50. The fourth-order valence-corrected chi connectivity index (χ4v) is 3.50. The summed E-state index contributed by atoms with van der Waals surface area (Å²) in [5.41, 5.74) is 0.973. The molecule has 0 bridgehead atoms. The SMILES string of the molecule is O[C@H]1[C@H](O)[C@@H](O)CN(CCc2c(F)cc(-c3ccccc3)cc2F)[C@@H]1CF. The largest absolute Gasteiger partial charge is 0.389 e. The maximum Gasteiger partial charge on any atom is 0.129 e. The predicted octanol–water partition coefficient (Wildman–Crippen LogP) is 1.91. The molecule has 146 valence electrons. The lowest BCUT2D eigenvalue weighted by molar-refractivity contribution is -0.140. The normalized spacial score (nSPS) is 26.3. The highest BCUT2D eigenvalue weighted by Crippen LogP contribution is 2.26. The van der Waals surface area contributed by atoms with E-state index < -0.39 is 42.7 Å². The van der Waals surface area contributed by atoms with E-state index in [4.69, 9.17) is 0 Å². The number of β-amino-alcohol motifs (C(OH)–C–C–N with tert-alkyl or cyclic N) is 1. The van der Waals surface area contributed by atoms with Gasteiger partial charge >= 0.3 is 0 Å². The van der Waals surface area contributed by atoms with Crippen molar-refractivity contribution in [1.82, 2.24) is 4.90 Å². The van der Waals surface area contributed by atoms with Crippen LogP contribution in [-0.2, 0) is 6.42 Å². The van der Waals surface area contributed by atoms with E-state index in [9.17, 15) is 28.5 Å². The second kappa shape index (κ2) is 8.39. The Kier molecular flexibility index (Phi) is 6.16. The van der Waals surface area contributed by atoms with Crippen molar-refractivity contribution >= 4 is 0 Å². The minimum atomic E-state index is -1.46. The number of alkyl halides is 1. The van der Waals surface area contributed by atoms with Gasteiger partial charge in [0.25, 0.3) is 0 Å². The molecule has 4 nitrogen and oxygen atoms in total. The van der Waals surface area contributed by atoms with E-state index in [0.29, 0.717) is 11.1 Å². The number of hydrogen-bond acceptors (Lipinski definition) is 4. The molecule has 1 aliphatic rings. The standard InChI is InChI=1S/C20H22F3NO3/c21-10-17-19(26)20(27)18(25)11-24(17)7-6-14-15(22)8-13(9-16(14)23)12-4-2-1-3-5-12/h1-5,8-9,17-20,25-27H,6-7,10-11H2/t17-,18+,19-,20-/m1/s1. The molecule has 7 heteroatoms.